The van der Waals surface area contributed by atoms with Gasteiger partial charge in [0.1, 0.15) is 23.0 Å². The van der Waals surface area contributed by atoms with Crippen LogP contribution in [0.1, 0.15) is 11.1 Å². The summed E-state index contributed by atoms with van der Waals surface area (Å²) in [6.45, 7) is 0. The van der Waals surface area contributed by atoms with Crippen molar-refractivity contribution in [2.75, 3.05) is 14.2 Å². The van der Waals surface area contributed by atoms with Crippen molar-refractivity contribution in [3.05, 3.63) is 71.8 Å². The van der Waals surface area contributed by atoms with Gasteiger partial charge in [-0.3, -0.25) is 0 Å². The maximum Gasteiger partial charge on any atom is 0.192 e. The molecule has 0 radical (unpaired) electrons. The first-order chi connectivity index (χ1) is 13.6. The molecule has 0 aliphatic carbocycles. The van der Waals surface area contributed by atoms with Crippen molar-refractivity contribution in [1.29, 1.82) is 0 Å². The Hall–Kier alpha value is -2.67. The highest BCUT2D eigenvalue weighted by Crippen LogP contribution is 2.37. The van der Waals surface area contributed by atoms with E-state index < -0.39 is 0 Å². The predicted molar refractivity (Wildman–Crippen MR) is 120 cm³/mol. The van der Waals surface area contributed by atoms with Crippen molar-refractivity contribution in [3.63, 3.8) is 0 Å². The zero-order valence-electron chi connectivity index (χ0n) is 15.5. The minimum atomic E-state index is 0.250. The molecular weight excluding hydrogens is 467 g/mol. The highest BCUT2D eigenvalue weighted by Gasteiger charge is 2.15. The molecule has 1 N–H and O–H groups in total. The summed E-state index contributed by atoms with van der Waals surface area (Å²) in [5, 5.41) is 14.8. The van der Waals surface area contributed by atoms with E-state index in [2.05, 4.69) is 0 Å². The molecule has 0 saturated heterocycles. The Balaban J connectivity index is 1.96. The molecule has 5 heteroatoms. The first-order valence-corrected chi connectivity index (χ1v) is 9.69. The van der Waals surface area contributed by atoms with Crippen LogP contribution in [0.3, 0.4) is 0 Å². The zero-order chi connectivity index (χ0) is 19.7. The fourth-order valence-electron chi connectivity index (χ4n) is 3.60. The number of hydrogen-bond donors (Lipinski definition) is 1. The third-order valence-electron chi connectivity index (χ3n) is 5.04. The van der Waals surface area contributed by atoms with E-state index in [-0.39, 0.29) is 5.75 Å². The number of rotatable bonds is 5. The largest absolute Gasteiger partial charge is 0.508 e. The summed E-state index contributed by atoms with van der Waals surface area (Å²) < 4.78 is 16.4. The predicted octanol–water partition coefficient (Wildman–Crippen LogP) is 6.04. The van der Waals surface area contributed by atoms with Crippen LogP contribution in [0, 0.1) is 0 Å². The number of phenolic OH excluding ortho intramolecular Hbond substituents is 1. The van der Waals surface area contributed by atoms with Gasteiger partial charge < -0.3 is 17.6 Å². The molecule has 28 heavy (non-hydrogen) atoms. The van der Waals surface area contributed by atoms with Crippen LogP contribution < -0.4 is 12.5 Å². The van der Waals surface area contributed by atoms with E-state index in [1.807, 2.05) is 77.6 Å². The van der Waals surface area contributed by atoms with E-state index >= 15 is 0 Å². The van der Waals surface area contributed by atoms with Gasteiger partial charge in [-0.15, -0.1) is 0 Å². The molecule has 0 unspecified atom stereocenters. The lowest BCUT2D eigenvalue weighted by molar-refractivity contribution is 0.410. The lowest BCUT2D eigenvalue weighted by Gasteiger charge is -2.16. The van der Waals surface area contributed by atoms with Crippen LogP contribution in [0.4, 0.5) is 0 Å². The van der Waals surface area contributed by atoms with E-state index in [0.29, 0.717) is 6.42 Å². The summed E-state index contributed by atoms with van der Waals surface area (Å²) in [4.78, 5) is 0. The van der Waals surface area contributed by atoms with Gasteiger partial charge >= 0.3 is 0 Å². The number of ether oxygens (including phenoxy) is 2. The van der Waals surface area contributed by atoms with Gasteiger partial charge in [0.25, 0.3) is 0 Å². The zero-order valence-corrected chi connectivity index (χ0v) is 17.7. The van der Waals surface area contributed by atoms with Gasteiger partial charge in [0.05, 0.1) is 14.2 Å². The second-order valence-electron chi connectivity index (χ2n) is 6.53. The van der Waals surface area contributed by atoms with E-state index in [0.717, 1.165) is 49.9 Å². The fourth-order valence-corrected chi connectivity index (χ4v) is 3.88. The molecule has 4 aromatic carbocycles. The molecular formula is C23H19IO4. The van der Waals surface area contributed by atoms with Gasteiger partial charge in [-0.05, 0) is 57.9 Å². The lowest BCUT2D eigenvalue weighted by atomic mass is 9.93. The van der Waals surface area contributed by atoms with Gasteiger partial charge in [-0.1, -0.05) is 24.3 Å². The van der Waals surface area contributed by atoms with Crippen molar-refractivity contribution in [2.24, 2.45) is 0 Å². The highest BCUT2D eigenvalue weighted by atomic mass is 127. The number of methoxy groups -OCH3 is 2. The van der Waals surface area contributed by atoms with Crippen LogP contribution in [0.15, 0.2) is 60.7 Å². The first kappa shape index (κ1) is 18.7. The highest BCUT2D eigenvalue weighted by molar-refractivity contribution is 14.1. The molecule has 4 aromatic rings. The number of phenols is 1. The number of benzene rings is 4. The summed E-state index contributed by atoms with van der Waals surface area (Å²) in [6.07, 6.45) is 0.515. The molecule has 4 nitrogen and oxygen atoms in total. The lowest BCUT2D eigenvalue weighted by Crippen LogP contribution is -1.97. The quantitative estimate of drug-likeness (QED) is 0.350. The number of hydrogen-bond acceptors (Lipinski definition) is 4. The van der Waals surface area contributed by atoms with E-state index in [9.17, 15) is 5.11 Å². The van der Waals surface area contributed by atoms with Crippen LogP contribution in [0.5, 0.6) is 23.0 Å². The van der Waals surface area contributed by atoms with Gasteiger partial charge in [0, 0.05) is 17.5 Å². The maximum atomic E-state index is 10.7. The van der Waals surface area contributed by atoms with Crippen molar-refractivity contribution in [3.8, 4) is 23.0 Å². The monoisotopic (exact) mass is 486 g/mol. The molecule has 0 heterocycles. The topological polar surface area (TPSA) is 47.9 Å². The minimum Gasteiger partial charge on any atom is -0.508 e. The summed E-state index contributed by atoms with van der Waals surface area (Å²) in [7, 11) is 3.32. The fraction of sp³-hybridized carbons (Fsp3) is 0.130. The summed E-state index contributed by atoms with van der Waals surface area (Å²) in [5.74, 6) is 2.55. The molecule has 0 atom stereocenters. The summed E-state index contributed by atoms with van der Waals surface area (Å²) >= 11 is 1.86. The Morgan fingerprint density at radius 1 is 0.750 bits per heavy atom. The normalized spacial score (nSPS) is 11.0. The molecule has 4 rings (SSSR count). The van der Waals surface area contributed by atoms with Crippen molar-refractivity contribution in [1.82, 2.24) is 0 Å². The van der Waals surface area contributed by atoms with Gasteiger partial charge in [0.2, 0.25) is 0 Å². The minimum absolute atomic E-state index is 0.250. The van der Waals surface area contributed by atoms with Crippen molar-refractivity contribution in [2.45, 2.75) is 6.42 Å². The van der Waals surface area contributed by atoms with Crippen LogP contribution >= 0.6 is 23.0 Å². The summed E-state index contributed by atoms with van der Waals surface area (Å²) in [5.41, 5.74) is 1.84. The number of halogens is 1. The average Bonchev–Trinajstić information content (AvgIpc) is 2.74. The summed E-state index contributed by atoms with van der Waals surface area (Å²) in [6, 6.07) is 19.5. The standard InChI is InChI=1S/C23H19IO4/c1-26-16-7-3-15-6-10-23(27-2)21(19(15)11-16)13-20-18-12-17(28-24)8-4-14(18)5-9-22(20)25/h3-12,25H,13H2,1-2H3. The third kappa shape index (κ3) is 3.30. The van der Waals surface area contributed by atoms with E-state index in [1.165, 1.54) is 0 Å². The third-order valence-corrected chi connectivity index (χ3v) is 5.55. The van der Waals surface area contributed by atoms with E-state index in [4.69, 9.17) is 12.5 Å². The second kappa shape index (κ2) is 7.75. The van der Waals surface area contributed by atoms with Gasteiger partial charge in [0.15, 0.2) is 23.0 Å². The first-order valence-electron chi connectivity index (χ1n) is 8.81. The Bertz CT molecular complexity index is 1170. The molecule has 0 amide bonds. The van der Waals surface area contributed by atoms with E-state index in [1.54, 1.807) is 20.3 Å². The molecule has 0 spiro atoms. The molecule has 0 aromatic heterocycles. The molecule has 0 saturated carbocycles. The Morgan fingerprint density at radius 2 is 1.36 bits per heavy atom. The Morgan fingerprint density at radius 3 is 2.04 bits per heavy atom. The average molecular weight is 486 g/mol. The van der Waals surface area contributed by atoms with Gasteiger partial charge in [-0.2, -0.15) is 0 Å². The molecule has 0 aliphatic heterocycles. The Labute approximate surface area is 177 Å². The van der Waals surface area contributed by atoms with Gasteiger partial charge in [-0.25, -0.2) is 0 Å². The SMILES string of the molecule is COc1ccc2ccc(OC)c(Cc3c(O)ccc4ccc(OI)cc34)c2c1. The maximum absolute atomic E-state index is 10.7. The molecule has 142 valence electrons. The molecule has 0 aliphatic rings. The molecule has 0 bridgehead atoms. The van der Waals surface area contributed by atoms with Crippen molar-refractivity contribution < 1.29 is 17.6 Å². The van der Waals surface area contributed by atoms with Crippen molar-refractivity contribution >= 4 is 44.6 Å². The van der Waals surface area contributed by atoms with Crippen LogP contribution in [0.25, 0.3) is 21.5 Å². The van der Waals surface area contributed by atoms with Crippen LogP contribution in [-0.2, 0) is 6.42 Å². The second-order valence-corrected chi connectivity index (χ2v) is 6.97. The molecule has 0 fully saturated rings. The smallest absolute Gasteiger partial charge is 0.192 e. The van der Waals surface area contributed by atoms with Crippen LogP contribution in [0.2, 0.25) is 0 Å². The van der Waals surface area contributed by atoms with Crippen LogP contribution in [-0.4, -0.2) is 19.3 Å². The number of fused-ring (bicyclic) bond motifs is 2. The Kier molecular flexibility index (Phi) is 5.17. The number of aromatic hydroxyl groups is 1.